The van der Waals surface area contributed by atoms with Crippen LogP contribution in [0.3, 0.4) is 0 Å². The molecule has 0 aromatic rings. The van der Waals surface area contributed by atoms with Gasteiger partial charge in [-0.3, -0.25) is 28.8 Å². The van der Waals surface area contributed by atoms with E-state index in [2.05, 4.69) is 32.6 Å². The summed E-state index contributed by atoms with van der Waals surface area (Å²) < 4.78 is 9.39. The number of nitrogens with one attached hydrogen (secondary N) is 4. The summed E-state index contributed by atoms with van der Waals surface area (Å²) in [5, 5.41) is 10.1. The minimum atomic E-state index is -1.41. The SMILES string of the molecule is C=CCOC(=O)OCCNC(=O)C(=O)C(CCC)NC(=O)[C@H](CC(=O)N(C)C)NC(=O)C(NC(=O)CC(C)(C)C)C(C)(C)C. The summed E-state index contributed by atoms with van der Waals surface area (Å²) in [6.07, 6.45) is 0.620. The van der Waals surface area contributed by atoms with Crippen molar-refractivity contribution >= 4 is 41.5 Å². The summed E-state index contributed by atoms with van der Waals surface area (Å²) in [5.74, 6) is -4.34. The normalized spacial score (nSPS) is 13.3. The van der Waals surface area contributed by atoms with Gasteiger partial charge in [0.2, 0.25) is 29.4 Å². The van der Waals surface area contributed by atoms with E-state index in [1.807, 2.05) is 20.8 Å². The first-order valence-electron chi connectivity index (χ1n) is 14.6. The van der Waals surface area contributed by atoms with Gasteiger partial charge in [-0.2, -0.15) is 0 Å². The van der Waals surface area contributed by atoms with Gasteiger partial charge >= 0.3 is 6.16 Å². The first kappa shape index (κ1) is 40.0. The number of carbonyl (C=O) groups excluding carboxylic acids is 7. The molecule has 0 bridgehead atoms. The van der Waals surface area contributed by atoms with Crippen molar-refractivity contribution < 1.29 is 43.0 Å². The first-order chi connectivity index (χ1) is 20.2. The van der Waals surface area contributed by atoms with E-state index < -0.39 is 65.5 Å². The Labute approximate surface area is 260 Å². The molecular weight excluding hydrogens is 574 g/mol. The van der Waals surface area contributed by atoms with Crippen molar-refractivity contribution in [1.29, 1.82) is 0 Å². The standard InChI is InChI=1S/C30H51N5O9/c1-11-13-19(23(38)26(40)31-14-16-44-28(42)43-15-12-2)32-25(39)20(17-22(37)35(9)10)33-27(41)24(30(6,7)8)34-21(36)18-29(3,4)5/h12,19-20,24H,2,11,13-18H2,1,3-10H3,(H,31,40)(H,32,39)(H,33,41)(H,34,36)/t19?,20-,24?/m0/s1. The van der Waals surface area contributed by atoms with Crippen molar-refractivity contribution in [2.75, 3.05) is 33.9 Å². The molecule has 4 N–H and O–H groups in total. The van der Waals surface area contributed by atoms with Crippen LogP contribution in [0.5, 0.6) is 0 Å². The Morgan fingerprint density at radius 3 is 1.95 bits per heavy atom. The molecule has 250 valence electrons. The summed E-state index contributed by atoms with van der Waals surface area (Å²) in [5.41, 5.74) is -1.09. The first-order valence-corrected chi connectivity index (χ1v) is 14.6. The van der Waals surface area contributed by atoms with Crippen LogP contribution in [0.2, 0.25) is 0 Å². The molecular formula is C30H51N5O9. The van der Waals surface area contributed by atoms with Crippen LogP contribution in [0, 0.1) is 10.8 Å². The average molecular weight is 626 g/mol. The van der Waals surface area contributed by atoms with Gasteiger partial charge in [0, 0.05) is 20.5 Å². The Balaban J connectivity index is 5.75. The van der Waals surface area contributed by atoms with Gasteiger partial charge in [-0.1, -0.05) is 67.5 Å². The molecule has 0 saturated heterocycles. The summed E-state index contributed by atoms with van der Waals surface area (Å²) in [6, 6.07) is -3.71. The van der Waals surface area contributed by atoms with E-state index in [0.717, 1.165) is 0 Å². The third-order valence-electron chi connectivity index (χ3n) is 6.00. The van der Waals surface area contributed by atoms with Crippen LogP contribution in [-0.2, 0) is 38.2 Å². The van der Waals surface area contributed by atoms with Crippen molar-refractivity contribution in [3.8, 4) is 0 Å². The highest BCUT2D eigenvalue weighted by Crippen LogP contribution is 2.22. The van der Waals surface area contributed by atoms with Gasteiger partial charge in [0.1, 0.15) is 25.3 Å². The van der Waals surface area contributed by atoms with Gasteiger partial charge < -0.3 is 35.6 Å². The molecule has 0 aliphatic rings. The number of ketones is 1. The van der Waals surface area contributed by atoms with E-state index in [-0.39, 0.29) is 43.9 Å². The predicted molar refractivity (Wildman–Crippen MR) is 163 cm³/mol. The highest BCUT2D eigenvalue weighted by atomic mass is 16.7. The molecule has 0 saturated carbocycles. The lowest BCUT2D eigenvalue weighted by atomic mass is 9.85. The Hall–Kier alpha value is -3.97. The Morgan fingerprint density at radius 1 is 0.864 bits per heavy atom. The summed E-state index contributed by atoms with van der Waals surface area (Å²) >= 11 is 0. The molecule has 0 fully saturated rings. The van der Waals surface area contributed by atoms with Crippen molar-refractivity contribution in [3.63, 3.8) is 0 Å². The Bertz CT molecular complexity index is 1040. The number of rotatable bonds is 17. The zero-order valence-electron chi connectivity index (χ0n) is 27.6. The molecule has 0 aliphatic carbocycles. The van der Waals surface area contributed by atoms with E-state index in [9.17, 15) is 33.6 Å². The molecule has 0 radical (unpaired) electrons. The third kappa shape index (κ3) is 16.0. The Kier molecular flexibility index (Phi) is 17.0. The lowest BCUT2D eigenvalue weighted by molar-refractivity contribution is -0.141. The number of hydrogen-bond donors (Lipinski definition) is 4. The second-order valence-electron chi connectivity index (χ2n) is 12.8. The van der Waals surface area contributed by atoms with E-state index in [1.165, 1.54) is 25.1 Å². The quantitative estimate of drug-likeness (QED) is 0.0797. The number of ether oxygens (including phenoxy) is 2. The van der Waals surface area contributed by atoms with E-state index in [4.69, 9.17) is 4.74 Å². The monoisotopic (exact) mass is 625 g/mol. The fourth-order valence-corrected chi connectivity index (χ4v) is 3.73. The number of amides is 5. The van der Waals surface area contributed by atoms with Gasteiger partial charge in [-0.05, 0) is 17.3 Å². The maximum atomic E-state index is 13.5. The smallest absolute Gasteiger partial charge is 0.432 e. The lowest BCUT2D eigenvalue weighted by Crippen LogP contribution is -2.60. The fourth-order valence-electron chi connectivity index (χ4n) is 3.73. The molecule has 44 heavy (non-hydrogen) atoms. The van der Waals surface area contributed by atoms with Gasteiger partial charge in [0.25, 0.3) is 5.91 Å². The molecule has 5 amide bonds. The largest absolute Gasteiger partial charge is 0.508 e. The molecule has 0 rings (SSSR count). The summed E-state index contributed by atoms with van der Waals surface area (Å²) in [6.45, 7) is 15.5. The molecule has 0 aromatic carbocycles. The van der Waals surface area contributed by atoms with Gasteiger partial charge in [-0.15, -0.1) is 0 Å². The topological polar surface area (TPSA) is 189 Å². The van der Waals surface area contributed by atoms with E-state index >= 15 is 0 Å². The third-order valence-corrected chi connectivity index (χ3v) is 6.00. The molecule has 0 aromatic heterocycles. The Morgan fingerprint density at radius 2 is 1.45 bits per heavy atom. The number of nitrogens with zero attached hydrogens (tertiary/aromatic N) is 1. The van der Waals surface area contributed by atoms with E-state index in [0.29, 0.717) is 6.42 Å². The number of Topliss-reactive ketones (excluding diaryl/α,β-unsaturated/α-hetero) is 1. The van der Waals surface area contributed by atoms with Gasteiger partial charge in [0.05, 0.1) is 19.0 Å². The van der Waals surface area contributed by atoms with Crippen molar-refractivity contribution in [2.45, 2.75) is 92.3 Å². The van der Waals surface area contributed by atoms with Crippen LogP contribution in [0.25, 0.3) is 0 Å². The van der Waals surface area contributed by atoms with Crippen LogP contribution in [-0.4, -0.2) is 98.4 Å². The molecule has 2 unspecified atom stereocenters. The summed E-state index contributed by atoms with van der Waals surface area (Å²) in [4.78, 5) is 90.2. The maximum Gasteiger partial charge on any atom is 0.508 e. The number of hydrogen-bond acceptors (Lipinski definition) is 9. The maximum absolute atomic E-state index is 13.5. The van der Waals surface area contributed by atoms with Crippen molar-refractivity contribution in [1.82, 2.24) is 26.2 Å². The minimum Gasteiger partial charge on any atom is -0.432 e. The molecule has 14 heteroatoms. The molecule has 14 nitrogen and oxygen atoms in total. The second-order valence-corrected chi connectivity index (χ2v) is 12.8. The number of carbonyl (C=O) groups is 7. The molecule has 0 heterocycles. The van der Waals surface area contributed by atoms with Crippen molar-refractivity contribution in [3.05, 3.63) is 12.7 Å². The zero-order chi connectivity index (χ0) is 34.3. The average Bonchev–Trinajstić information content (AvgIpc) is 2.89. The lowest BCUT2D eigenvalue weighted by Gasteiger charge is -2.33. The molecule has 0 spiro atoms. The van der Waals surface area contributed by atoms with Crippen LogP contribution in [0.1, 0.15) is 74.1 Å². The van der Waals surface area contributed by atoms with Crippen LogP contribution >= 0.6 is 0 Å². The van der Waals surface area contributed by atoms with Crippen LogP contribution in [0.4, 0.5) is 4.79 Å². The molecule has 3 atom stereocenters. The van der Waals surface area contributed by atoms with Crippen molar-refractivity contribution in [2.24, 2.45) is 10.8 Å². The fraction of sp³-hybridized carbons (Fsp3) is 0.700. The van der Waals surface area contributed by atoms with Gasteiger partial charge in [0.15, 0.2) is 0 Å². The second kappa shape index (κ2) is 18.6. The van der Waals surface area contributed by atoms with Gasteiger partial charge in [-0.25, -0.2) is 4.79 Å². The highest BCUT2D eigenvalue weighted by Gasteiger charge is 2.37. The predicted octanol–water partition coefficient (Wildman–Crippen LogP) is 1.23. The minimum absolute atomic E-state index is 0.0492. The molecule has 0 aliphatic heterocycles. The van der Waals surface area contributed by atoms with Crippen LogP contribution in [0.15, 0.2) is 12.7 Å². The summed E-state index contributed by atoms with van der Waals surface area (Å²) in [7, 11) is 2.97. The van der Waals surface area contributed by atoms with E-state index in [1.54, 1.807) is 27.7 Å². The van der Waals surface area contributed by atoms with Crippen LogP contribution < -0.4 is 21.3 Å². The highest BCUT2D eigenvalue weighted by molar-refractivity contribution is 6.38. The zero-order valence-corrected chi connectivity index (χ0v) is 27.6.